The maximum Gasteiger partial charge on any atom is 0.337 e. The molecule has 0 heterocycles. The van der Waals surface area contributed by atoms with E-state index in [4.69, 9.17) is 23.2 Å². The Hall–Kier alpha value is -1.96. The number of nitrogens with zero attached hydrogens (tertiary/aromatic N) is 1. The Morgan fingerprint density at radius 3 is 2.21 bits per heavy atom. The van der Waals surface area contributed by atoms with Gasteiger partial charge in [0, 0.05) is 18.8 Å². The fraction of sp³-hybridized carbons (Fsp3) is 0.316. The lowest BCUT2D eigenvalue weighted by Gasteiger charge is -2.25. The molecule has 0 saturated carbocycles. The Morgan fingerprint density at radius 1 is 1.04 bits per heavy atom. The minimum Gasteiger partial charge on any atom is -0.478 e. The summed E-state index contributed by atoms with van der Waals surface area (Å²) in [4.78, 5) is 13.7. The Bertz CT molecular complexity index is 958. The van der Waals surface area contributed by atoms with Crippen LogP contribution in [0, 0.1) is 0 Å². The van der Waals surface area contributed by atoms with Crippen LogP contribution >= 0.6 is 23.2 Å². The van der Waals surface area contributed by atoms with Gasteiger partial charge >= 0.3 is 5.97 Å². The predicted molar refractivity (Wildman–Crippen MR) is 113 cm³/mol. The zero-order valence-corrected chi connectivity index (χ0v) is 17.9. The van der Waals surface area contributed by atoms with Gasteiger partial charge in [-0.2, -0.15) is 0 Å². The number of carbonyl (C=O) groups is 1. The maximum absolute atomic E-state index is 12.6. The van der Waals surface area contributed by atoms with Crippen molar-refractivity contribution in [1.29, 1.82) is 0 Å². The molecule has 0 aliphatic heterocycles. The lowest BCUT2D eigenvalue weighted by molar-refractivity contribution is 0.0697. The number of hydrogen-bond acceptors (Lipinski definition) is 4. The number of anilines is 2. The van der Waals surface area contributed by atoms with E-state index in [9.17, 15) is 18.3 Å². The van der Waals surface area contributed by atoms with E-state index in [2.05, 4.69) is 4.72 Å². The molecule has 2 N–H and O–H groups in total. The van der Waals surface area contributed by atoms with Crippen molar-refractivity contribution in [3.05, 3.63) is 52.0 Å². The van der Waals surface area contributed by atoms with Crippen LogP contribution in [0.25, 0.3) is 0 Å². The molecule has 9 heteroatoms. The van der Waals surface area contributed by atoms with Crippen LogP contribution in [-0.2, 0) is 10.0 Å². The average Bonchev–Trinajstić information content (AvgIpc) is 2.63. The lowest BCUT2D eigenvalue weighted by Crippen LogP contribution is -2.27. The highest BCUT2D eigenvalue weighted by Gasteiger charge is 2.20. The van der Waals surface area contributed by atoms with E-state index in [1.165, 1.54) is 24.3 Å². The topological polar surface area (TPSA) is 86.7 Å². The number of rotatable bonds is 9. The number of nitrogens with one attached hydrogen (secondary N) is 1. The van der Waals surface area contributed by atoms with Crippen LogP contribution in [0.3, 0.4) is 0 Å². The van der Waals surface area contributed by atoms with Gasteiger partial charge in [-0.05, 0) is 49.2 Å². The van der Waals surface area contributed by atoms with Gasteiger partial charge in [0.05, 0.1) is 26.2 Å². The van der Waals surface area contributed by atoms with Gasteiger partial charge < -0.3 is 10.0 Å². The first-order chi connectivity index (χ1) is 13.2. The molecule has 0 aliphatic carbocycles. The van der Waals surface area contributed by atoms with Crippen LogP contribution in [-0.4, -0.2) is 32.6 Å². The largest absolute Gasteiger partial charge is 0.478 e. The van der Waals surface area contributed by atoms with E-state index < -0.39 is 16.0 Å². The highest BCUT2D eigenvalue weighted by atomic mass is 35.5. The van der Waals surface area contributed by atoms with Gasteiger partial charge in [0.25, 0.3) is 10.0 Å². The van der Waals surface area contributed by atoms with Crippen LogP contribution in [0.5, 0.6) is 0 Å². The third kappa shape index (κ3) is 5.31. The number of halogens is 2. The molecule has 0 aromatic heterocycles. The van der Waals surface area contributed by atoms with Crippen molar-refractivity contribution in [2.24, 2.45) is 0 Å². The third-order valence-electron chi connectivity index (χ3n) is 4.01. The molecule has 0 amide bonds. The van der Waals surface area contributed by atoms with E-state index in [-0.39, 0.29) is 26.2 Å². The number of benzene rings is 2. The number of aromatic carboxylic acids is 1. The van der Waals surface area contributed by atoms with Gasteiger partial charge in [-0.25, -0.2) is 13.2 Å². The van der Waals surface area contributed by atoms with Crippen molar-refractivity contribution in [3.8, 4) is 0 Å². The van der Waals surface area contributed by atoms with Crippen molar-refractivity contribution < 1.29 is 18.3 Å². The zero-order chi connectivity index (χ0) is 20.9. The fourth-order valence-corrected chi connectivity index (χ4v) is 4.24. The summed E-state index contributed by atoms with van der Waals surface area (Å²) < 4.78 is 27.6. The summed E-state index contributed by atoms with van der Waals surface area (Å²) in [6, 6.07) is 8.45. The second-order valence-corrected chi connectivity index (χ2v) is 8.70. The third-order valence-corrected chi connectivity index (χ3v) is 6.13. The number of carboxylic acid groups (broad SMARTS) is 1. The van der Waals surface area contributed by atoms with E-state index in [1.807, 2.05) is 18.7 Å². The Kier molecular flexibility index (Phi) is 7.57. The maximum atomic E-state index is 12.6. The van der Waals surface area contributed by atoms with E-state index >= 15 is 0 Å². The highest BCUT2D eigenvalue weighted by Crippen LogP contribution is 2.29. The molecule has 6 nitrogen and oxygen atoms in total. The van der Waals surface area contributed by atoms with Crippen molar-refractivity contribution in [2.75, 3.05) is 22.7 Å². The molecule has 0 saturated heterocycles. The van der Waals surface area contributed by atoms with Gasteiger partial charge in [0.15, 0.2) is 0 Å². The summed E-state index contributed by atoms with van der Waals surface area (Å²) in [5.74, 6) is -1.12. The van der Waals surface area contributed by atoms with Crippen molar-refractivity contribution in [3.63, 3.8) is 0 Å². The Labute approximate surface area is 175 Å². The molecular formula is C19H22Cl2N2O4S. The van der Waals surface area contributed by atoms with E-state index in [1.54, 1.807) is 12.1 Å². The summed E-state index contributed by atoms with van der Waals surface area (Å²) >= 11 is 11.7. The zero-order valence-electron chi connectivity index (χ0n) is 15.6. The Morgan fingerprint density at radius 2 is 1.68 bits per heavy atom. The second-order valence-electron chi connectivity index (χ2n) is 6.21. The normalized spacial score (nSPS) is 11.3. The first-order valence-electron chi connectivity index (χ1n) is 8.79. The van der Waals surface area contributed by atoms with Crippen molar-refractivity contribution >= 4 is 50.6 Å². The van der Waals surface area contributed by atoms with Gasteiger partial charge in [-0.1, -0.05) is 37.0 Å². The number of carboxylic acids is 1. The average molecular weight is 445 g/mol. The standard InChI is InChI=1S/C19H22Cl2N2O4S/c1-3-9-23(10-4-2)18-8-5-13(11-15(18)19(24)25)22-28(26,27)14-6-7-16(20)17(21)12-14/h5-8,11-12,22H,3-4,9-10H2,1-2H3,(H,24,25). The summed E-state index contributed by atoms with van der Waals surface area (Å²) in [7, 11) is -3.95. The molecule has 0 radical (unpaired) electrons. The molecule has 152 valence electrons. The van der Waals surface area contributed by atoms with Gasteiger partial charge in [0.1, 0.15) is 0 Å². The minimum atomic E-state index is -3.95. The molecule has 2 aromatic rings. The second kappa shape index (κ2) is 9.49. The van der Waals surface area contributed by atoms with Gasteiger partial charge in [-0.15, -0.1) is 0 Å². The van der Waals surface area contributed by atoms with E-state index in [0.717, 1.165) is 12.8 Å². The predicted octanol–water partition coefficient (Wildman–Crippen LogP) is 5.12. The minimum absolute atomic E-state index is 0.0382. The number of sulfonamides is 1. The smallest absolute Gasteiger partial charge is 0.337 e. The van der Waals surface area contributed by atoms with Crippen LogP contribution in [0.1, 0.15) is 37.0 Å². The molecule has 0 spiro atoms. The molecular weight excluding hydrogens is 423 g/mol. The first kappa shape index (κ1) is 22.3. The van der Waals surface area contributed by atoms with Crippen LogP contribution in [0.15, 0.2) is 41.3 Å². The molecule has 0 atom stereocenters. The molecule has 0 bridgehead atoms. The number of hydrogen-bond donors (Lipinski definition) is 2. The first-order valence-corrected chi connectivity index (χ1v) is 11.0. The molecule has 0 fully saturated rings. The van der Waals surface area contributed by atoms with Crippen LogP contribution in [0.4, 0.5) is 11.4 Å². The Balaban J connectivity index is 2.40. The lowest BCUT2D eigenvalue weighted by atomic mass is 10.1. The molecule has 2 aromatic carbocycles. The SMILES string of the molecule is CCCN(CCC)c1ccc(NS(=O)(=O)c2ccc(Cl)c(Cl)c2)cc1C(=O)O. The summed E-state index contributed by atoms with van der Waals surface area (Å²) in [6.07, 6.45) is 1.73. The monoisotopic (exact) mass is 444 g/mol. The van der Waals surface area contributed by atoms with E-state index in [0.29, 0.717) is 18.8 Å². The summed E-state index contributed by atoms with van der Waals surface area (Å²) in [5.41, 5.74) is 0.755. The fourth-order valence-electron chi connectivity index (χ4n) is 2.80. The van der Waals surface area contributed by atoms with Crippen LogP contribution < -0.4 is 9.62 Å². The quantitative estimate of drug-likeness (QED) is 0.560. The van der Waals surface area contributed by atoms with Crippen LogP contribution in [0.2, 0.25) is 10.0 Å². The van der Waals surface area contributed by atoms with Gasteiger partial charge in [-0.3, -0.25) is 4.72 Å². The summed E-state index contributed by atoms with van der Waals surface area (Å²) in [5, 5.41) is 9.97. The highest BCUT2D eigenvalue weighted by molar-refractivity contribution is 7.92. The molecule has 28 heavy (non-hydrogen) atoms. The van der Waals surface area contributed by atoms with Gasteiger partial charge in [0.2, 0.25) is 0 Å². The molecule has 2 rings (SSSR count). The molecule has 0 aliphatic rings. The van der Waals surface area contributed by atoms with Crippen molar-refractivity contribution in [1.82, 2.24) is 0 Å². The molecule has 0 unspecified atom stereocenters. The summed E-state index contributed by atoms with van der Waals surface area (Å²) in [6.45, 7) is 5.45. The van der Waals surface area contributed by atoms with Crippen molar-refractivity contribution in [2.45, 2.75) is 31.6 Å².